The van der Waals surface area contributed by atoms with Gasteiger partial charge in [0.25, 0.3) is 5.91 Å². The summed E-state index contributed by atoms with van der Waals surface area (Å²) in [6, 6.07) is 16.1. The first-order valence-electron chi connectivity index (χ1n) is 9.83. The van der Waals surface area contributed by atoms with Crippen LogP contribution in [0.1, 0.15) is 15.9 Å². The van der Waals surface area contributed by atoms with Crippen molar-refractivity contribution in [1.82, 2.24) is 5.32 Å². The summed E-state index contributed by atoms with van der Waals surface area (Å²) in [6.07, 6.45) is 0.866. The van der Waals surface area contributed by atoms with E-state index in [1.165, 1.54) is 24.3 Å². The number of amides is 1. The number of nitrogens with one attached hydrogen (secondary N) is 1. The highest BCUT2D eigenvalue weighted by molar-refractivity contribution is 7.92. The molecule has 0 unspecified atom stereocenters. The van der Waals surface area contributed by atoms with E-state index in [-0.39, 0.29) is 25.6 Å². The van der Waals surface area contributed by atoms with Crippen molar-refractivity contribution in [3.05, 3.63) is 94.5 Å². The van der Waals surface area contributed by atoms with E-state index in [0.29, 0.717) is 26.2 Å². The lowest BCUT2D eigenvalue weighted by Gasteiger charge is -2.23. The molecule has 0 aliphatic heterocycles. The molecule has 10 heteroatoms. The Labute approximate surface area is 195 Å². The minimum Gasteiger partial charge on any atom is -0.490 e. The van der Waals surface area contributed by atoms with Crippen LogP contribution in [0.25, 0.3) is 0 Å². The van der Waals surface area contributed by atoms with E-state index >= 15 is 0 Å². The van der Waals surface area contributed by atoms with Gasteiger partial charge in [-0.2, -0.15) is 0 Å². The molecule has 0 heterocycles. The van der Waals surface area contributed by atoms with E-state index < -0.39 is 27.3 Å². The first-order chi connectivity index (χ1) is 15.7. The molecule has 0 bridgehead atoms. The lowest BCUT2D eigenvalue weighted by Crippen LogP contribution is -2.31. The Balaban J connectivity index is 1.62. The van der Waals surface area contributed by atoms with Gasteiger partial charge in [-0.3, -0.25) is 9.10 Å². The van der Waals surface area contributed by atoms with Gasteiger partial charge in [-0.15, -0.1) is 0 Å². The summed E-state index contributed by atoms with van der Waals surface area (Å²) in [6.45, 7) is 0.148. The maximum absolute atomic E-state index is 14.2. The molecule has 0 aromatic heterocycles. The molecule has 0 aliphatic carbocycles. The van der Waals surface area contributed by atoms with E-state index in [0.717, 1.165) is 24.5 Å². The van der Waals surface area contributed by atoms with Gasteiger partial charge in [0, 0.05) is 5.56 Å². The normalized spacial score (nSPS) is 11.2. The number of benzene rings is 3. The molecule has 6 nitrogen and oxygen atoms in total. The Morgan fingerprint density at radius 3 is 2.24 bits per heavy atom. The summed E-state index contributed by atoms with van der Waals surface area (Å²) in [7, 11) is -3.98. The number of nitrogens with zero attached hydrogens (tertiary/aromatic N) is 1. The highest BCUT2D eigenvalue weighted by atomic mass is 35.5. The zero-order chi connectivity index (χ0) is 24.0. The third-order valence-corrected chi connectivity index (χ3v) is 6.04. The van der Waals surface area contributed by atoms with Gasteiger partial charge in [0.05, 0.1) is 24.4 Å². The molecule has 3 rings (SSSR count). The predicted octanol–water partition coefficient (Wildman–Crippen LogP) is 4.39. The average molecular weight is 495 g/mol. The van der Waals surface area contributed by atoms with Gasteiger partial charge in [-0.25, -0.2) is 17.2 Å². The van der Waals surface area contributed by atoms with Gasteiger partial charge in [0.2, 0.25) is 10.0 Å². The molecule has 174 valence electrons. The van der Waals surface area contributed by atoms with Gasteiger partial charge in [-0.05, 0) is 42.0 Å². The van der Waals surface area contributed by atoms with Crippen molar-refractivity contribution in [1.29, 1.82) is 0 Å². The van der Waals surface area contributed by atoms with Crippen LogP contribution in [0, 0.1) is 11.6 Å². The monoisotopic (exact) mass is 494 g/mol. The molecule has 0 spiro atoms. The number of para-hydroxylation sites is 2. The highest BCUT2D eigenvalue weighted by Crippen LogP contribution is 2.27. The zero-order valence-corrected chi connectivity index (χ0v) is 19.2. The van der Waals surface area contributed by atoms with Crippen LogP contribution >= 0.6 is 11.6 Å². The number of halogens is 3. The van der Waals surface area contributed by atoms with Crippen LogP contribution in [0.5, 0.6) is 5.75 Å². The van der Waals surface area contributed by atoms with E-state index in [1.54, 1.807) is 24.3 Å². The smallest absolute Gasteiger partial charge is 0.251 e. The number of anilines is 1. The summed E-state index contributed by atoms with van der Waals surface area (Å²) < 4.78 is 58.9. The standard InChI is InChI=1S/C23H21ClF2N2O4S/c1-33(30,31)28(22-19(25)6-4-7-20(22)26)15-16-9-11-17(12-10-16)23(29)27-13-14-32-21-8-3-2-5-18(21)24/h2-12H,13-15H2,1H3,(H,27,29). The SMILES string of the molecule is CS(=O)(=O)N(Cc1ccc(C(=O)NCCOc2ccccc2Cl)cc1)c1c(F)cccc1F. The fourth-order valence-corrected chi connectivity index (χ4v) is 4.09. The van der Waals surface area contributed by atoms with E-state index in [9.17, 15) is 22.0 Å². The molecule has 0 saturated carbocycles. The van der Waals surface area contributed by atoms with Gasteiger partial charge in [0.1, 0.15) is 18.0 Å². The van der Waals surface area contributed by atoms with Crippen molar-refractivity contribution >= 4 is 33.2 Å². The van der Waals surface area contributed by atoms with Crippen molar-refractivity contribution in [2.75, 3.05) is 23.7 Å². The molecule has 0 atom stereocenters. The maximum Gasteiger partial charge on any atom is 0.251 e. The second kappa shape index (κ2) is 10.6. The van der Waals surface area contributed by atoms with Gasteiger partial charge in [-0.1, -0.05) is 41.9 Å². The summed E-state index contributed by atoms with van der Waals surface area (Å²) in [5, 5.41) is 3.17. The molecule has 1 N–H and O–H groups in total. The lowest BCUT2D eigenvalue weighted by molar-refractivity contribution is 0.0947. The van der Waals surface area contributed by atoms with Crippen molar-refractivity contribution in [2.45, 2.75) is 6.54 Å². The fraction of sp³-hybridized carbons (Fsp3) is 0.174. The number of rotatable bonds is 9. The summed E-state index contributed by atoms with van der Waals surface area (Å²) in [4.78, 5) is 12.3. The number of sulfonamides is 1. The van der Waals surface area contributed by atoms with Crippen LogP contribution in [0.4, 0.5) is 14.5 Å². The number of carbonyl (C=O) groups excluding carboxylic acids is 1. The largest absolute Gasteiger partial charge is 0.490 e. The Morgan fingerprint density at radius 1 is 1.00 bits per heavy atom. The molecule has 1 amide bonds. The van der Waals surface area contributed by atoms with Crippen LogP contribution in [0.3, 0.4) is 0 Å². The van der Waals surface area contributed by atoms with Crippen molar-refractivity contribution in [2.24, 2.45) is 0 Å². The van der Waals surface area contributed by atoms with Crippen molar-refractivity contribution in [3.63, 3.8) is 0 Å². The van der Waals surface area contributed by atoms with Crippen LogP contribution < -0.4 is 14.4 Å². The second-order valence-corrected chi connectivity index (χ2v) is 9.39. The summed E-state index contributed by atoms with van der Waals surface area (Å²) in [5.74, 6) is -1.82. The topological polar surface area (TPSA) is 75.7 Å². The predicted molar refractivity (Wildman–Crippen MR) is 123 cm³/mol. The Hall–Kier alpha value is -3.17. The number of carbonyl (C=O) groups is 1. The van der Waals surface area contributed by atoms with E-state index in [2.05, 4.69) is 5.32 Å². The minimum atomic E-state index is -3.98. The van der Waals surface area contributed by atoms with Crippen LogP contribution in [-0.4, -0.2) is 33.7 Å². The minimum absolute atomic E-state index is 0.213. The van der Waals surface area contributed by atoms with Crippen LogP contribution in [-0.2, 0) is 16.6 Å². The molecule has 3 aromatic rings. The molecular weight excluding hydrogens is 474 g/mol. The Kier molecular flexibility index (Phi) is 7.88. The van der Waals surface area contributed by atoms with E-state index in [4.69, 9.17) is 16.3 Å². The number of hydrogen-bond acceptors (Lipinski definition) is 4. The molecule has 33 heavy (non-hydrogen) atoms. The Morgan fingerprint density at radius 2 is 1.64 bits per heavy atom. The second-order valence-electron chi connectivity index (χ2n) is 7.07. The maximum atomic E-state index is 14.2. The van der Waals surface area contributed by atoms with Gasteiger partial charge < -0.3 is 10.1 Å². The summed E-state index contributed by atoms with van der Waals surface area (Å²) in [5.41, 5.74) is 0.126. The molecule has 0 aliphatic rings. The van der Waals surface area contributed by atoms with Crippen molar-refractivity contribution in [3.8, 4) is 5.75 Å². The third-order valence-electron chi connectivity index (χ3n) is 4.61. The fourth-order valence-electron chi connectivity index (χ4n) is 3.01. The highest BCUT2D eigenvalue weighted by Gasteiger charge is 2.24. The lowest BCUT2D eigenvalue weighted by atomic mass is 10.1. The van der Waals surface area contributed by atoms with Crippen molar-refractivity contribution < 1.29 is 26.7 Å². The van der Waals surface area contributed by atoms with Gasteiger partial charge in [0.15, 0.2) is 11.6 Å². The van der Waals surface area contributed by atoms with E-state index in [1.807, 2.05) is 0 Å². The average Bonchev–Trinajstić information content (AvgIpc) is 2.76. The number of ether oxygens (including phenoxy) is 1. The molecular formula is C23H21ClF2N2O4S. The molecule has 0 radical (unpaired) electrons. The molecule has 0 saturated heterocycles. The summed E-state index contributed by atoms with van der Waals surface area (Å²) >= 11 is 6.00. The number of hydrogen-bond donors (Lipinski definition) is 1. The quantitative estimate of drug-likeness (QED) is 0.448. The first kappa shape index (κ1) is 24.5. The van der Waals surface area contributed by atoms with Gasteiger partial charge >= 0.3 is 0 Å². The molecule has 0 fully saturated rings. The zero-order valence-electron chi connectivity index (χ0n) is 17.6. The van der Waals surface area contributed by atoms with Crippen LogP contribution in [0.2, 0.25) is 5.02 Å². The van der Waals surface area contributed by atoms with Crippen LogP contribution in [0.15, 0.2) is 66.7 Å². The first-order valence-corrected chi connectivity index (χ1v) is 12.1. The Bertz CT molecular complexity index is 1220. The molecule has 3 aromatic carbocycles. The third kappa shape index (κ3) is 6.43.